The fourth-order valence-corrected chi connectivity index (χ4v) is 1.96. The predicted octanol–water partition coefficient (Wildman–Crippen LogP) is 3.12. The van der Waals surface area contributed by atoms with Crippen molar-refractivity contribution in [2.24, 2.45) is 0 Å². The lowest BCUT2D eigenvalue weighted by Gasteiger charge is -2.18. The van der Waals surface area contributed by atoms with Crippen molar-refractivity contribution in [3.63, 3.8) is 0 Å². The Kier molecular flexibility index (Phi) is 2.67. The molecule has 0 radical (unpaired) electrons. The smallest absolute Gasteiger partial charge is 0.119 e. The second-order valence-electron chi connectivity index (χ2n) is 4.07. The topological polar surface area (TPSA) is 12.5 Å². The van der Waals surface area contributed by atoms with Gasteiger partial charge in [0, 0.05) is 18.4 Å². The molecule has 0 N–H and O–H groups in total. The zero-order valence-electron chi connectivity index (χ0n) is 9.58. The van der Waals surface area contributed by atoms with Crippen molar-refractivity contribution in [3.8, 4) is 5.75 Å². The fraction of sp³-hybridized carbons (Fsp3) is 0.385. The third-order valence-electron chi connectivity index (χ3n) is 2.84. The Morgan fingerprint density at radius 1 is 1.27 bits per heavy atom. The molecule has 15 heavy (non-hydrogen) atoms. The minimum absolute atomic E-state index is 0.927. The molecule has 0 bridgehead atoms. The monoisotopic (exact) mass is 203 g/mol. The molecule has 1 aliphatic rings. The molecule has 80 valence electrons. The van der Waals surface area contributed by atoms with Gasteiger partial charge in [0.15, 0.2) is 0 Å². The van der Waals surface area contributed by atoms with Gasteiger partial charge in [0.1, 0.15) is 5.75 Å². The maximum atomic E-state index is 5.20. The number of nitrogens with zero attached hydrogens (tertiary/aromatic N) is 1. The molecule has 2 nitrogen and oxygen atoms in total. The summed E-state index contributed by atoms with van der Waals surface area (Å²) in [5.41, 5.74) is 4.00. The summed E-state index contributed by atoms with van der Waals surface area (Å²) in [5, 5.41) is 0. The van der Waals surface area contributed by atoms with Gasteiger partial charge in [-0.15, -0.1) is 0 Å². The number of hydrogen-bond donors (Lipinski definition) is 0. The highest BCUT2D eigenvalue weighted by atomic mass is 16.5. The van der Waals surface area contributed by atoms with E-state index in [1.54, 1.807) is 7.11 Å². The predicted molar refractivity (Wildman–Crippen MR) is 63.5 cm³/mol. The molecule has 0 unspecified atom stereocenters. The zero-order valence-corrected chi connectivity index (χ0v) is 9.58. The highest BCUT2D eigenvalue weighted by molar-refractivity contribution is 5.59. The molecule has 1 aliphatic heterocycles. The van der Waals surface area contributed by atoms with E-state index in [9.17, 15) is 0 Å². The summed E-state index contributed by atoms with van der Waals surface area (Å²) in [6, 6.07) is 6.23. The van der Waals surface area contributed by atoms with Crippen LogP contribution >= 0.6 is 0 Å². The molecule has 0 saturated carbocycles. The highest BCUT2D eigenvalue weighted by Crippen LogP contribution is 2.28. The average molecular weight is 203 g/mol. The molecule has 0 spiro atoms. The zero-order chi connectivity index (χ0) is 10.8. The number of ether oxygens (including phenoxy) is 1. The summed E-state index contributed by atoms with van der Waals surface area (Å²) in [6.45, 7) is 5.40. The van der Waals surface area contributed by atoms with Crippen molar-refractivity contribution >= 4 is 5.69 Å². The van der Waals surface area contributed by atoms with Crippen LogP contribution in [0.2, 0.25) is 0 Å². The molecular formula is C13H17NO. The van der Waals surface area contributed by atoms with E-state index in [1.807, 2.05) is 6.07 Å². The number of anilines is 1. The molecule has 1 aromatic rings. The largest absolute Gasteiger partial charge is 0.497 e. The van der Waals surface area contributed by atoms with Gasteiger partial charge in [-0.2, -0.15) is 0 Å². The molecule has 0 amide bonds. The van der Waals surface area contributed by atoms with Crippen LogP contribution in [-0.4, -0.2) is 13.7 Å². The van der Waals surface area contributed by atoms with Crippen LogP contribution in [0.15, 0.2) is 30.0 Å². The molecular weight excluding hydrogens is 186 g/mol. The van der Waals surface area contributed by atoms with Gasteiger partial charge in [-0.05, 0) is 44.0 Å². The number of methoxy groups -OCH3 is 1. The van der Waals surface area contributed by atoms with Gasteiger partial charge in [-0.25, -0.2) is 0 Å². The summed E-state index contributed by atoms with van der Waals surface area (Å²) >= 11 is 0. The first-order valence-corrected chi connectivity index (χ1v) is 5.29. The first-order valence-electron chi connectivity index (χ1n) is 5.29. The lowest BCUT2D eigenvalue weighted by Crippen LogP contribution is -2.13. The summed E-state index contributed by atoms with van der Waals surface area (Å²) in [7, 11) is 1.70. The van der Waals surface area contributed by atoms with Crippen molar-refractivity contribution in [3.05, 3.63) is 35.5 Å². The van der Waals surface area contributed by atoms with Gasteiger partial charge in [0.2, 0.25) is 0 Å². The molecule has 1 heterocycles. The Balaban J connectivity index is 2.29. The Morgan fingerprint density at radius 3 is 2.60 bits per heavy atom. The lowest BCUT2D eigenvalue weighted by molar-refractivity contribution is 0.414. The summed E-state index contributed by atoms with van der Waals surface area (Å²) in [5.74, 6) is 0.927. The van der Waals surface area contributed by atoms with Crippen molar-refractivity contribution in [1.29, 1.82) is 0 Å². The third-order valence-corrected chi connectivity index (χ3v) is 2.84. The fourth-order valence-electron chi connectivity index (χ4n) is 1.96. The van der Waals surface area contributed by atoms with Crippen LogP contribution in [0.3, 0.4) is 0 Å². The van der Waals surface area contributed by atoms with E-state index < -0.39 is 0 Å². The van der Waals surface area contributed by atoms with Crippen LogP contribution in [0.5, 0.6) is 5.75 Å². The maximum Gasteiger partial charge on any atom is 0.119 e. The van der Waals surface area contributed by atoms with Crippen molar-refractivity contribution < 1.29 is 4.74 Å². The quantitative estimate of drug-likeness (QED) is 0.732. The van der Waals surface area contributed by atoms with Crippen LogP contribution in [0.25, 0.3) is 0 Å². The number of hydrogen-bond acceptors (Lipinski definition) is 2. The van der Waals surface area contributed by atoms with E-state index in [-0.39, 0.29) is 0 Å². The van der Waals surface area contributed by atoms with E-state index in [1.165, 1.54) is 23.2 Å². The SMILES string of the molecule is COc1ccc(N2C=C(C)CC2)c(C)c1. The second kappa shape index (κ2) is 3.97. The van der Waals surface area contributed by atoms with Crippen LogP contribution < -0.4 is 9.64 Å². The molecule has 1 aromatic carbocycles. The summed E-state index contributed by atoms with van der Waals surface area (Å²) < 4.78 is 5.20. The van der Waals surface area contributed by atoms with Crippen LogP contribution in [0.4, 0.5) is 5.69 Å². The van der Waals surface area contributed by atoms with Crippen LogP contribution in [0.1, 0.15) is 18.9 Å². The van der Waals surface area contributed by atoms with Gasteiger partial charge in [0.05, 0.1) is 7.11 Å². The molecule has 0 atom stereocenters. The molecule has 2 heteroatoms. The van der Waals surface area contributed by atoms with Gasteiger partial charge in [-0.3, -0.25) is 0 Å². The Morgan fingerprint density at radius 2 is 2.07 bits per heavy atom. The summed E-state index contributed by atoms with van der Waals surface area (Å²) in [4.78, 5) is 2.31. The summed E-state index contributed by atoms with van der Waals surface area (Å²) in [6.07, 6.45) is 3.40. The van der Waals surface area contributed by atoms with E-state index in [2.05, 4.69) is 37.1 Å². The van der Waals surface area contributed by atoms with Crippen molar-refractivity contribution in [2.45, 2.75) is 20.3 Å². The second-order valence-corrected chi connectivity index (χ2v) is 4.07. The van der Waals surface area contributed by atoms with E-state index in [4.69, 9.17) is 4.74 Å². The van der Waals surface area contributed by atoms with Crippen LogP contribution in [0, 0.1) is 6.92 Å². The Labute approximate surface area is 91.2 Å². The standard InChI is InChI=1S/C13H17NO/c1-10-6-7-14(9-10)13-5-4-12(15-3)8-11(13)2/h4-5,8-9H,6-7H2,1-3H3. The van der Waals surface area contributed by atoms with E-state index in [0.29, 0.717) is 0 Å². The molecule has 0 aromatic heterocycles. The van der Waals surface area contributed by atoms with Crippen molar-refractivity contribution in [1.82, 2.24) is 0 Å². The normalized spacial score (nSPS) is 15.4. The Hall–Kier alpha value is -1.44. The van der Waals surface area contributed by atoms with Gasteiger partial charge < -0.3 is 9.64 Å². The molecule has 2 rings (SSSR count). The molecule has 0 saturated heterocycles. The highest BCUT2D eigenvalue weighted by Gasteiger charge is 2.12. The third kappa shape index (κ3) is 1.99. The number of benzene rings is 1. The molecule has 0 fully saturated rings. The van der Waals surface area contributed by atoms with Gasteiger partial charge in [-0.1, -0.05) is 5.57 Å². The number of rotatable bonds is 2. The minimum atomic E-state index is 0.927. The molecule has 0 aliphatic carbocycles. The van der Waals surface area contributed by atoms with Crippen LogP contribution in [-0.2, 0) is 0 Å². The first kappa shape index (κ1) is 10.1. The minimum Gasteiger partial charge on any atom is -0.497 e. The maximum absolute atomic E-state index is 5.20. The average Bonchev–Trinajstić information content (AvgIpc) is 2.64. The lowest BCUT2D eigenvalue weighted by atomic mass is 10.2. The first-order chi connectivity index (χ1) is 7.20. The van der Waals surface area contributed by atoms with Crippen molar-refractivity contribution in [2.75, 3.05) is 18.6 Å². The van der Waals surface area contributed by atoms with Gasteiger partial charge in [0.25, 0.3) is 0 Å². The van der Waals surface area contributed by atoms with E-state index in [0.717, 1.165) is 12.3 Å². The Bertz CT molecular complexity index is 396. The van der Waals surface area contributed by atoms with E-state index >= 15 is 0 Å². The van der Waals surface area contributed by atoms with Gasteiger partial charge >= 0.3 is 0 Å². The number of aryl methyl sites for hydroxylation is 1.